The van der Waals surface area contributed by atoms with Crippen molar-refractivity contribution in [3.05, 3.63) is 34.9 Å². The van der Waals surface area contributed by atoms with E-state index in [0.29, 0.717) is 5.75 Å². The molecule has 7 atom stereocenters. The highest BCUT2D eigenvalue weighted by Crippen LogP contribution is 2.54. The van der Waals surface area contributed by atoms with Crippen LogP contribution >= 0.6 is 0 Å². The van der Waals surface area contributed by atoms with Crippen molar-refractivity contribution in [3.8, 4) is 23.8 Å². The molecule has 4 N–H and O–H groups in total. The maximum Gasteiger partial charge on any atom is 0.210 e. The minimum absolute atomic E-state index is 0.0737. The molecule has 0 amide bonds. The third-order valence-corrected chi connectivity index (χ3v) is 7.70. The predicted octanol–water partition coefficient (Wildman–Crippen LogP) is 3.03. The van der Waals surface area contributed by atoms with E-state index in [9.17, 15) is 20.4 Å². The van der Waals surface area contributed by atoms with Crippen LogP contribution < -0.4 is 9.47 Å². The first-order valence-electron chi connectivity index (χ1n) is 12.6. The van der Waals surface area contributed by atoms with Gasteiger partial charge >= 0.3 is 0 Å². The zero-order chi connectivity index (χ0) is 25.3. The summed E-state index contributed by atoms with van der Waals surface area (Å²) in [4.78, 5) is 0. The number of unbranched alkanes of at least 4 members (excludes halogenated alkanes) is 2. The molecule has 0 bridgehead atoms. The van der Waals surface area contributed by atoms with Crippen LogP contribution in [-0.4, -0.2) is 57.4 Å². The Morgan fingerprint density at radius 2 is 1.94 bits per heavy atom. The lowest BCUT2D eigenvalue weighted by molar-refractivity contribution is -0.313. The number of fused-ring (bicyclic) bond motifs is 3. The Morgan fingerprint density at radius 3 is 2.66 bits per heavy atom. The van der Waals surface area contributed by atoms with E-state index in [0.717, 1.165) is 55.4 Å². The van der Waals surface area contributed by atoms with Gasteiger partial charge in [0.05, 0.1) is 18.6 Å². The van der Waals surface area contributed by atoms with E-state index in [1.165, 1.54) is 5.57 Å². The van der Waals surface area contributed by atoms with E-state index in [2.05, 4.69) is 38.8 Å². The lowest BCUT2D eigenvalue weighted by Gasteiger charge is -2.47. The molecule has 2 unspecified atom stereocenters. The third kappa shape index (κ3) is 5.23. The first kappa shape index (κ1) is 26.0. The van der Waals surface area contributed by atoms with Crippen molar-refractivity contribution < 1.29 is 34.6 Å². The molecule has 35 heavy (non-hydrogen) atoms. The summed E-state index contributed by atoms with van der Waals surface area (Å²) in [6.07, 6.45) is 7.35. The third-order valence-electron chi connectivity index (χ3n) is 7.70. The molecule has 1 aromatic carbocycles. The van der Waals surface area contributed by atoms with Gasteiger partial charge < -0.3 is 34.6 Å². The van der Waals surface area contributed by atoms with Crippen LogP contribution in [0.25, 0.3) is 0 Å². The van der Waals surface area contributed by atoms with Gasteiger partial charge in [-0.15, -0.1) is 12.3 Å². The Labute approximate surface area is 207 Å². The summed E-state index contributed by atoms with van der Waals surface area (Å²) < 4.78 is 18.4. The minimum atomic E-state index is -1.62. The molecule has 0 aromatic heterocycles. The van der Waals surface area contributed by atoms with Gasteiger partial charge in [-0.3, -0.25) is 0 Å². The van der Waals surface area contributed by atoms with Crippen molar-refractivity contribution >= 4 is 0 Å². The number of terminal acetylenes is 1. The van der Waals surface area contributed by atoms with Crippen LogP contribution in [0.15, 0.2) is 23.8 Å². The predicted molar refractivity (Wildman–Crippen MR) is 131 cm³/mol. The standard InChI is InChI=1S/C28H38O7/c1-5-6-7-8-9-17-13-21(33-27-19(15-29)24(30)25(31)26(32)34-27)23-18-12-16(2)10-11-20(18)28(3,4)35-22(23)14-17/h1,12-14,18-20,24-27,29-32H,6-11,15H2,2-4H3/t18?,19-,20?,24-,25+,26+,27+/m1/s1. The van der Waals surface area contributed by atoms with Crippen molar-refractivity contribution in [3.63, 3.8) is 0 Å². The Kier molecular flexibility index (Phi) is 7.80. The highest BCUT2D eigenvalue weighted by Gasteiger charge is 2.48. The van der Waals surface area contributed by atoms with E-state index in [1.807, 2.05) is 6.07 Å². The average molecular weight is 487 g/mol. The number of aliphatic hydroxyl groups excluding tert-OH is 4. The zero-order valence-electron chi connectivity index (χ0n) is 20.8. The van der Waals surface area contributed by atoms with Crippen LogP contribution in [-0.2, 0) is 11.2 Å². The largest absolute Gasteiger partial charge is 0.487 e. The molecular formula is C28H38O7. The van der Waals surface area contributed by atoms with Gasteiger partial charge in [-0.2, -0.15) is 0 Å². The SMILES string of the molecule is C#CCCCCc1cc(O[C@H]2O[C@H](O)[C@@H](O)[C@H](O)[C@H]2CO)c2c(c1)OC(C)(C)C1CCC(C)=CC21. The molecule has 3 aliphatic rings. The summed E-state index contributed by atoms with van der Waals surface area (Å²) in [7, 11) is 0. The monoisotopic (exact) mass is 486 g/mol. The van der Waals surface area contributed by atoms with Crippen LogP contribution in [0.4, 0.5) is 0 Å². The second-order valence-corrected chi connectivity index (χ2v) is 10.6. The molecule has 2 aliphatic heterocycles. The first-order chi connectivity index (χ1) is 16.7. The Bertz CT molecular complexity index is 978. The highest BCUT2D eigenvalue weighted by molar-refractivity contribution is 5.54. The smallest absolute Gasteiger partial charge is 0.210 e. The molecule has 1 saturated heterocycles. The van der Waals surface area contributed by atoms with E-state index < -0.39 is 37.3 Å². The lowest BCUT2D eigenvalue weighted by atomic mass is 9.68. The van der Waals surface area contributed by atoms with Gasteiger partial charge in [-0.1, -0.05) is 11.6 Å². The van der Waals surface area contributed by atoms with Crippen molar-refractivity contribution in [1.29, 1.82) is 0 Å². The number of allylic oxidation sites excluding steroid dienone is 2. The molecule has 0 spiro atoms. The average Bonchev–Trinajstić information content (AvgIpc) is 2.80. The van der Waals surface area contributed by atoms with E-state index >= 15 is 0 Å². The zero-order valence-corrected chi connectivity index (χ0v) is 20.8. The van der Waals surface area contributed by atoms with E-state index in [1.54, 1.807) is 0 Å². The topological polar surface area (TPSA) is 109 Å². The van der Waals surface area contributed by atoms with Crippen LogP contribution in [0, 0.1) is 24.2 Å². The quantitative estimate of drug-likeness (QED) is 0.267. The molecule has 1 fully saturated rings. The van der Waals surface area contributed by atoms with Crippen molar-refractivity contribution in [1.82, 2.24) is 0 Å². The molecule has 2 heterocycles. The molecule has 192 valence electrons. The van der Waals surface area contributed by atoms with Gasteiger partial charge in [0.1, 0.15) is 23.2 Å². The highest BCUT2D eigenvalue weighted by atomic mass is 16.7. The summed E-state index contributed by atoms with van der Waals surface area (Å²) in [5.74, 6) is 3.37. The molecule has 0 radical (unpaired) electrons. The van der Waals surface area contributed by atoms with Gasteiger partial charge in [0.2, 0.25) is 6.29 Å². The van der Waals surface area contributed by atoms with Crippen LogP contribution in [0.2, 0.25) is 0 Å². The fraction of sp³-hybridized carbons (Fsp3) is 0.643. The maximum absolute atomic E-state index is 10.4. The van der Waals surface area contributed by atoms with Crippen molar-refractivity contribution in [2.45, 2.75) is 95.6 Å². The summed E-state index contributed by atoms with van der Waals surface area (Å²) in [6.45, 7) is 5.92. The maximum atomic E-state index is 10.4. The summed E-state index contributed by atoms with van der Waals surface area (Å²) in [5, 5.41) is 40.5. The molecule has 1 aliphatic carbocycles. The van der Waals surface area contributed by atoms with Crippen LogP contribution in [0.5, 0.6) is 11.5 Å². The fourth-order valence-corrected chi connectivity index (χ4v) is 5.69. The van der Waals surface area contributed by atoms with Crippen molar-refractivity contribution in [2.75, 3.05) is 6.61 Å². The Hall–Kier alpha value is -2.08. The second kappa shape index (κ2) is 10.5. The van der Waals surface area contributed by atoms with Crippen molar-refractivity contribution in [2.24, 2.45) is 11.8 Å². The molecule has 7 heteroatoms. The molecule has 0 saturated carbocycles. The van der Waals surface area contributed by atoms with Gasteiger partial charge in [0.15, 0.2) is 6.29 Å². The second-order valence-electron chi connectivity index (χ2n) is 10.6. The summed E-state index contributed by atoms with van der Waals surface area (Å²) >= 11 is 0. The normalized spacial score (nSPS) is 33.5. The number of hydrogen-bond donors (Lipinski definition) is 4. The Balaban J connectivity index is 1.75. The number of aliphatic hydroxyl groups is 4. The first-order valence-corrected chi connectivity index (χ1v) is 12.6. The number of aryl methyl sites for hydroxylation is 1. The van der Waals surface area contributed by atoms with E-state index in [4.69, 9.17) is 20.6 Å². The van der Waals surface area contributed by atoms with Gasteiger partial charge in [-0.05, 0) is 70.6 Å². The number of hydrogen-bond acceptors (Lipinski definition) is 7. The van der Waals surface area contributed by atoms with Gasteiger partial charge in [0.25, 0.3) is 0 Å². The summed E-state index contributed by atoms with van der Waals surface area (Å²) in [6, 6.07) is 4.04. The lowest BCUT2D eigenvalue weighted by Crippen LogP contribution is -2.57. The molecule has 7 nitrogen and oxygen atoms in total. The minimum Gasteiger partial charge on any atom is -0.487 e. The number of ether oxygens (including phenoxy) is 3. The van der Waals surface area contributed by atoms with Gasteiger partial charge in [-0.25, -0.2) is 0 Å². The van der Waals surface area contributed by atoms with E-state index in [-0.39, 0.29) is 17.4 Å². The number of rotatable bonds is 7. The fourth-order valence-electron chi connectivity index (χ4n) is 5.69. The summed E-state index contributed by atoms with van der Waals surface area (Å²) in [5.41, 5.74) is 2.89. The van der Waals surface area contributed by atoms with Gasteiger partial charge in [0, 0.05) is 23.8 Å². The molecule has 4 rings (SSSR count). The molecule has 1 aromatic rings. The van der Waals surface area contributed by atoms with Crippen LogP contribution in [0.3, 0.4) is 0 Å². The molecular weight excluding hydrogens is 448 g/mol. The Morgan fingerprint density at radius 1 is 1.17 bits per heavy atom. The number of benzene rings is 1. The van der Waals surface area contributed by atoms with Crippen LogP contribution in [0.1, 0.15) is 69.9 Å².